The number of benzene rings is 1. The molecule has 0 aliphatic carbocycles. The summed E-state index contributed by atoms with van der Waals surface area (Å²) in [6.45, 7) is 2.85. The summed E-state index contributed by atoms with van der Waals surface area (Å²) in [5, 5.41) is 4.30. The Labute approximate surface area is 129 Å². The number of hydrogen-bond acceptors (Lipinski definition) is 3. The summed E-state index contributed by atoms with van der Waals surface area (Å²) in [7, 11) is 0. The molecule has 6 heteroatoms. The fourth-order valence-electron chi connectivity index (χ4n) is 2.08. The molecule has 0 atom stereocenters. The standard InChI is InChI=1S/C15H21FN4S/c1-2-3-4-8-18-15(17)20-19-13-7-9-21-14-6-5-11(16)10-12(13)14/h5-6,10H,2-4,7-9H2,1H3,(H3,17,18,20)/b19-13-. The molecule has 0 bridgehead atoms. The number of hydrogen-bond donors (Lipinski definition) is 2. The van der Waals surface area contributed by atoms with Gasteiger partial charge < -0.3 is 5.73 Å². The molecule has 0 saturated carbocycles. The van der Waals surface area contributed by atoms with Crippen LogP contribution in [0.15, 0.2) is 33.2 Å². The summed E-state index contributed by atoms with van der Waals surface area (Å²) in [5.41, 5.74) is 10.2. The second kappa shape index (κ2) is 8.02. The molecule has 3 N–H and O–H groups in total. The van der Waals surface area contributed by atoms with Gasteiger partial charge in [-0.2, -0.15) is 5.10 Å². The molecule has 114 valence electrons. The zero-order valence-electron chi connectivity index (χ0n) is 12.2. The van der Waals surface area contributed by atoms with Crippen LogP contribution in [0.5, 0.6) is 0 Å². The van der Waals surface area contributed by atoms with Gasteiger partial charge in [-0.3, -0.25) is 4.99 Å². The molecule has 1 aromatic rings. The molecule has 1 aliphatic rings. The van der Waals surface area contributed by atoms with E-state index in [4.69, 9.17) is 5.73 Å². The molecule has 21 heavy (non-hydrogen) atoms. The van der Waals surface area contributed by atoms with Crippen LogP contribution >= 0.6 is 11.8 Å². The predicted octanol–water partition coefficient (Wildman–Crippen LogP) is 3.12. The minimum absolute atomic E-state index is 0.245. The van der Waals surface area contributed by atoms with Gasteiger partial charge in [0.1, 0.15) is 5.82 Å². The average molecular weight is 308 g/mol. The van der Waals surface area contributed by atoms with Crippen molar-refractivity contribution in [1.82, 2.24) is 5.43 Å². The van der Waals surface area contributed by atoms with Crippen LogP contribution in [0.4, 0.5) is 4.39 Å². The molecule has 1 aromatic carbocycles. The van der Waals surface area contributed by atoms with Gasteiger partial charge in [0.25, 0.3) is 0 Å². The van der Waals surface area contributed by atoms with Crippen LogP contribution in [0.3, 0.4) is 0 Å². The highest BCUT2D eigenvalue weighted by molar-refractivity contribution is 7.99. The predicted molar refractivity (Wildman–Crippen MR) is 87.4 cm³/mol. The van der Waals surface area contributed by atoms with Gasteiger partial charge in [-0.15, -0.1) is 11.8 Å². The Morgan fingerprint density at radius 3 is 3.10 bits per heavy atom. The molecule has 1 heterocycles. The molecule has 0 radical (unpaired) electrons. The van der Waals surface area contributed by atoms with Crippen molar-refractivity contribution >= 4 is 23.4 Å². The lowest BCUT2D eigenvalue weighted by atomic mass is 10.1. The van der Waals surface area contributed by atoms with Gasteiger partial charge in [0.05, 0.1) is 5.71 Å². The smallest absolute Gasteiger partial charge is 0.209 e. The van der Waals surface area contributed by atoms with Crippen LogP contribution in [0.2, 0.25) is 0 Å². The normalized spacial score (nSPS) is 16.9. The highest BCUT2D eigenvalue weighted by Crippen LogP contribution is 2.30. The summed E-state index contributed by atoms with van der Waals surface area (Å²) in [6, 6.07) is 4.80. The number of nitrogens with two attached hydrogens (primary N) is 1. The largest absolute Gasteiger partial charge is 0.369 e. The number of guanidine groups is 1. The fourth-order valence-corrected chi connectivity index (χ4v) is 3.10. The molecule has 1 aliphatic heterocycles. The van der Waals surface area contributed by atoms with E-state index in [-0.39, 0.29) is 5.82 Å². The number of halogens is 1. The summed E-state index contributed by atoms with van der Waals surface area (Å²) in [5.74, 6) is 1.01. The first-order valence-electron chi connectivity index (χ1n) is 7.26. The number of thioether (sulfide) groups is 1. The van der Waals surface area contributed by atoms with Crippen molar-refractivity contribution in [2.75, 3.05) is 12.3 Å². The molecule has 0 unspecified atom stereocenters. The number of unbranched alkanes of at least 4 members (excludes halogenated alkanes) is 2. The Hall–Kier alpha value is -1.56. The third-order valence-electron chi connectivity index (χ3n) is 3.20. The van der Waals surface area contributed by atoms with E-state index >= 15 is 0 Å². The first kappa shape index (κ1) is 15.8. The first-order chi connectivity index (χ1) is 10.2. The fraction of sp³-hybridized carbons (Fsp3) is 0.467. The van der Waals surface area contributed by atoms with E-state index in [1.54, 1.807) is 17.8 Å². The van der Waals surface area contributed by atoms with E-state index < -0.39 is 0 Å². The molecule has 0 saturated heterocycles. The minimum atomic E-state index is -0.245. The molecule has 0 amide bonds. The third kappa shape index (κ3) is 4.74. The number of fused-ring (bicyclic) bond motifs is 1. The van der Waals surface area contributed by atoms with E-state index in [2.05, 4.69) is 22.4 Å². The second-order valence-corrected chi connectivity index (χ2v) is 6.02. The van der Waals surface area contributed by atoms with Crippen molar-refractivity contribution in [3.8, 4) is 0 Å². The minimum Gasteiger partial charge on any atom is -0.369 e. The van der Waals surface area contributed by atoms with Gasteiger partial charge in [0.2, 0.25) is 5.96 Å². The van der Waals surface area contributed by atoms with Crippen molar-refractivity contribution in [3.05, 3.63) is 29.6 Å². The first-order valence-corrected chi connectivity index (χ1v) is 8.24. The van der Waals surface area contributed by atoms with Gasteiger partial charge in [-0.1, -0.05) is 19.8 Å². The highest BCUT2D eigenvalue weighted by atomic mass is 32.2. The van der Waals surface area contributed by atoms with Gasteiger partial charge in [-0.25, -0.2) is 9.82 Å². The summed E-state index contributed by atoms with van der Waals surface area (Å²) < 4.78 is 13.4. The van der Waals surface area contributed by atoms with Gasteiger partial charge >= 0.3 is 0 Å². The van der Waals surface area contributed by atoms with E-state index in [1.807, 2.05) is 0 Å². The van der Waals surface area contributed by atoms with Crippen LogP contribution in [0.25, 0.3) is 0 Å². The molecule has 2 rings (SSSR count). The number of hydrazone groups is 1. The maximum Gasteiger partial charge on any atom is 0.209 e. The van der Waals surface area contributed by atoms with E-state index in [9.17, 15) is 4.39 Å². The van der Waals surface area contributed by atoms with Crippen LogP contribution < -0.4 is 11.2 Å². The van der Waals surface area contributed by atoms with E-state index in [1.165, 1.54) is 12.1 Å². The zero-order valence-corrected chi connectivity index (χ0v) is 13.0. The van der Waals surface area contributed by atoms with Crippen molar-refractivity contribution in [3.63, 3.8) is 0 Å². The van der Waals surface area contributed by atoms with Crippen molar-refractivity contribution in [1.29, 1.82) is 0 Å². The van der Waals surface area contributed by atoms with E-state index in [0.29, 0.717) is 12.5 Å². The highest BCUT2D eigenvalue weighted by Gasteiger charge is 2.16. The Bertz CT molecular complexity index is 542. The SMILES string of the molecule is CCCCCN=C(N)N/N=C1/CCSc2ccc(F)cc21. The summed E-state index contributed by atoms with van der Waals surface area (Å²) in [4.78, 5) is 5.27. The van der Waals surface area contributed by atoms with Crippen LogP contribution in [0, 0.1) is 5.82 Å². The van der Waals surface area contributed by atoms with Gasteiger partial charge in [0, 0.05) is 29.2 Å². The Kier molecular flexibility index (Phi) is 6.04. The monoisotopic (exact) mass is 308 g/mol. The number of rotatable bonds is 5. The molecule has 0 spiro atoms. The number of nitrogens with zero attached hydrogens (tertiary/aromatic N) is 2. The van der Waals surface area contributed by atoms with Crippen molar-refractivity contribution in [2.45, 2.75) is 37.5 Å². The summed E-state index contributed by atoms with van der Waals surface area (Å²) >= 11 is 1.72. The maximum absolute atomic E-state index is 13.4. The molecule has 4 nitrogen and oxygen atoms in total. The van der Waals surface area contributed by atoms with Crippen LogP contribution in [-0.2, 0) is 0 Å². The zero-order chi connectivity index (χ0) is 15.1. The topological polar surface area (TPSA) is 62.8 Å². The van der Waals surface area contributed by atoms with Gasteiger partial charge in [0.15, 0.2) is 0 Å². The van der Waals surface area contributed by atoms with E-state index in [0.717, 1.165) is 47.6 Å². The quantitative estimate of drug-likeness (QED) is 0.380. The molecule has 0 fully saturated rings. The lowest BCUT2D eigenvalue weighted by Gasteiger charge is -2.17. The number of nitrogens with one attached hydrogen (secondary N) is 1. The lowest BCUT2D eigenvalue weighted by Crippen LogP contribution is -2.29. The third-order valence-corrected chi connectivity index (χ3v) is 4.27. The molecular weight excluding hydrogens is 287 g/mol. The molecular formula is C15H21FN4S. The van der Waals surface area contributed by atoms with Crippen molar-refractivity contribution in [2.24, 2.45) is 15.8 Å². The summed E-state index contributed by atoms with van der Waals surface area (Å²) in [6.07, 6.45) is 4.12. The Morgan fingerprint density at radius 2 is 2.29 bits per heavy atom. The van der Waals surface area contributed by atoms with Crippen LogP contribution in [0.1, 0.15) is 38.2 Å². The second-order valence-electron chi connectivity index (χ2n) is 4.88. The Morgan fingerprint density at radius 1 is 1.43 bits per heavy atom. The lowest BCUT2D eigenvalue weighted by molar-refractivity contribution is 0.626. The average Bonchev–Trinajstić information content (AvgIpc) is 2.49. The van der Waals surface area contributed by atoms with Crippen molar-refractivity contribution < 1.29 is 4.39 Å². The Balaban J connectivity index is 2.01. The van der Waals surface area contributed by atoms with Crippen LogP contribution in [-0.4, -0.2) is 24.0 Å². The number of aliphatic imine (C=N–C) groups is 1. The van der Waals surface area contributed by atoms with Gasteiger partial charge in [-0.05, 0) is 24.6 Å². The maximum atomic E-state index is 13.4. The molecule has 0 aromatic heterocycles.